The van der Waals surface area contributed by atoms with Crippen molar-refractivity contribution in [3.05, 3.63) is 54.1 Å². The maximum absolute atomic E-state index is 10.8. The van der Waals surface area contributed by atoms with E-state index in [2.05, 4.69) is 17.9 Å². The van der Waals surface area contributed by atoms with Crippen LogP contribution < -0.4 is 15.8 Å². The number of aromatic carboxylic acids is 1. The third kappa shape index (κ3) is 13.9. The van der Waals surface area contributed by atoms with Gasteiger partial charge in [-0.15, -0.1) is 0 Å². The summed E-state index contributed by atoms with van der Waals surface area (Å²) in [6, 6.07) is 13.7. The molecule has 0 aliphatic carbocycles. The van der Waals surface area contributed by atoms with Crippen molar-refractivity contribution in [3.8, 4) is 11.5 Å². The van der Waals surface area contributed by atoms with Crippen molar-refractivity contribution in [1.82, 2.24) is 0 Å². The van der Waals surface area contributed by atoms with Crippen molar-refractivity contribution in [2.45, 2.75) is 18.4 Å². The van der Waals surface area contributed by atoms with E-state index in [1.807, 2.05) is 24.3 Å². The lowest BCUT2D eigenvalue weighted by Crippen LogP contribution is -2.30. The SMILES string of the molecule is N[C@@H](CS)CNc1ccc(Oc2ccc(C(=O)O)cc2)cc1.O=C(O)C(F)(F)F.O=C(O)C(F)(F)F. The molecule has 2 rings (SSSR count). The van der Waals surface area contributed by atoms with Crippen LogP contribution in [0.1, 0.15) is 10.4 Å². The van der Waals surface area contributed by atoms with Crippen LogP contribution in [0.2, 0.25) is 0 Å². The molecule has 0 saturated carbocycles. The Kier molecular flexibility index (Phi) is 13.2. The molecule has 6 N–H and O–H groups in total. The summed E-state index contributed by atoms with van der Waals surface area (Å²) in [5.74, 6) is -4.59. The summed E-state index contributed by atoms with van der Waals surface area (Å²) in [6.45, 7) is 0.653. The molecule has 36 heavy (non-hydrogen) atoms. The van der Waals surface area contributed by atoms with Crippen LogP contribution in [-0.4, -0.2) is 63.9 Å². The number of aliphatic carboxylic acids is 2. The minimum Gasteiger partial charge on any atom is -0.478 e. The highest BCUT2D eigenvalue weighted by Crippen LogP contribution is 2.23. The number of ether oxygens (including phenoxy) is 1. The summed E-state index contributed by atoms with van der Waals surface area (Å²) in [5.41, 5.74) is 6.96. The maximum atomic E-state index is 10.8. The smallest absolute Gasteiger partial charge is 0.478 e. The molecule has 0 radical (unpaired) electrons. The van der Waals surface area contributed by atoms with Crippen LogP contribution in [-0.2, 0) is 9.59 Å². The number of anilines is 1. The summed E-state index contributed by atoms with van der Waals surface area (Å²) in [5, 5.41) is 26.3. The van der Waals surface area contributed by atoms with E-state index in [0.717, 1.165) is 5.69 Å². The fourth-order valence-electron chi connectivity index (χ4n) is 1.76. The number of carbonyl (C=O) groups is 3. The molecule has 0 unspecified atom stereocenters. The molecule has 0 spiro atoms. The Labute approximate surface area is 204 Å². The zero-order chi connectivity index (χ0) is 28.1. The Balaban J connectivity index is 0.000000720. The standard InChI is InChI=1S/C16H18N2O3S.2C2HF3O2/c17-12(10-22)9-18-13-3-7-15(8-4-13)21-14-5-1-11(2-6-14)16(19)20;2*3-2(4,5)1(6)7/h1-8,12,18,22H,9-10,17H2,(H,19,20);2*(H,6,7)/t12-;;/m1../s1. The summed E-state index contributed by atoms with van der Waals surface area (Å²) < 4.78 is 69.1. The Hall–Kier alpha value is -3.66. The van der Waals surface area contributed by atoms with E-state index in [1.54, 1.807) is 12.1 Å². The van der Waals surface area contributed by atoms with Gasteiger partial charge < -0.3 is 31.1 Å². The normalized spacial score (nSPS) is 11.6. The van der Waals surface area contributed by atoms with Crippen LogP contribution in [0.3, 0.4) is 0 Å². The average molecular weight is 546 g/mol. The van der Waals surface area contributed by atoms with Crippen LogP contribution >= 0.6 is 12.6 Å². The van der Waals surface area contributed by atoms with E-state index in [0.29, 0.717) is 23.8 Å². The van der Waals surface area contributed by atoms with Crippen molar-refractivity contribution < 1.29 is 60.8 Å². The predicted molar refractivity (Wildman–Crippen MR) is 118 cm³/mol. The van der Waals surface area contributed by atoms with E-state index in [4.69, 9.17) is 35.4 Å². The summed E-state index contributed by atoms with van der Waals surface area (Å²) >= 11 is 4.13. The van der Waals surface area contributed by atoms with Crippen molar-refractivity contribution in [2.75, 3.05) is 17.6 Å². The first-order valence-electron chi connectivity index (χ1n) is 9.29. The molecule has 0 bridgehead atoms. The van der Waals surface area contributed by atoms with E-state index in [1.165, 1.54) is 12.1 Å². The Morgan fingerprint density at radius 1 is 0.833 bits per heavy atom. The number of hydrogen-bond acceptors (Lipinski definition) is 7. The van der Waals surface area contributed by atoms with Gasteiger partial charge in [0.05, 0.1) is 5.56 Å². The number of halogens is 6. The van der Waals surface area contributed by atoms with Gasteiger partial charge in [0, 0.05) is 24.0 Å². The van der Waals surface area contributed by atoms with Gasteiger partial charge in [0.1, 0.15) is 11.5 Å². The fraction of sp³-hybridized carbons (Fsp3) is 0.250. The van der Waals surface area contributed by atoms with Gasteiger partial charge in [-0.25, -0.2) is 14.4 Å². The quantitative estimate of drug-likeness (QED) is 0.222. The van der Waals surface area contributed by atoms with Gasteiger partial charge in [-0.1, -0.05) is 0 Å². The third-order valence-corrected chi connectivity index (χ3v) is 3.95. The summed E-state index contributed by atoms with van der Waals surface area (Å²) in [7, 11) is 0. The number of carboxylic acid groups (broad SMARTS) is 3. The van der Waals surface area contributed by atoms with Gasteiger partial charge in [-0.2, -0.15) is 39.0 Å². The van der Waals surface area contributed by atoms with Crippen LogP contribution in [0.5, 0.6) is 11.5 Å². The number of carboxylic acids is 3. The van der Waals surface area contributed by atoms with Gasteiger partial charge in [-0.3, -0.25) is 0 Å². The van der Waals surface area contributed by atoms with E-state index < -0.39 is 30.3 Å². The molecule has 0 aliphatic rings. The van der Waals surface area contributed by atoms with Crippen LogP contribution in [0.4, 0.5) is 32.0 Å². The van der Waals surface area contributed by atoms with Crippen molar-refractivity contribution >= 4 is 36.2 Å². The van der Waals surface area contributed by atoms with Crippen molar-refractivity contribution in [3.63, 3.8) is 0 Å². The molecule has 1 atom stereocenters. The van der Waals surface area contributed by atoms with E-state index in [9.17, 15) is 31.1 Å². The zero-order valence-corrected chi connectivity index (χ0v) is 18.8. The second-order valence-electron chi connectivity index (χ2n) is 6.39. The van der Waals surface area contributed by atoms with Crippen molar-refractivity contribution in [1.29, 1.82) is 0 Å². The highest BCUT2D eigenvalue weighted by Gasteiger charge is 2.38. The Morgan fingerprint density at radius 2 is 1.19 bits per heavy atom. The van der Waals surface area contributed by atoms with Gasteiger partial charge in [-0.05, 0) is 48.5 Å². The molecule has 0 fully saturated rings. The number of alkyl halides is 6. The molecule has 16 heteroatoms. The molecule has 9 nitrogen and oxygen atoms in total. The molecular weight excluding hydrogens is 526 g/mol. The van der Waals surface area contributed by atoms with Crippen LogP contribution in [0.25, 0.3) is 0 Å². The van der Waals surface area contributed by atoms with Gasteiger partial charge in [0.25, 0.3) is 0 Å². The highest BCUT2D eigenvalue weighted by atomic mass is 32.1. The topological polar surface area (TPSA) is 159 Å². The average Bonchev–Trinajstić information content (AvgIpc) is 2.78. The number of rotatable bonds is 7. The third-order valence-electron chi connectivity index (χ3n) is 3.48. The first kappa shape index (κ1) is 32.3. The maximum Gasteiger partial charge on any atom is 0.490 e. The predicted octanol–water partition coefficient (Wildman–Crippen LogP) is 4.11. The lowest BCUT2D eigenvalue weighted by Gasteiger charge is -2.12. The molecule has 0 aliphatic heterocycles. The van der Waals surface area contributed by atoms with Crippen molar-refractivity contribution in [2.24, 2.45) is 5.73 Å². The molecule has 2 aromatic carbocycles. The minimum absolute atomic E-state index is 0.00649. The number of thiol groups is 1. The van der Waals surface area contributed by atoms with Gasteiger partial charge >= 0.3 is 30.3 Å². The lowest BCUT2D eigenvalue weighted by molar-refractivity contribution is -0.193. The molecule has 0 amide bonds. The van der Waals surface area contributed by atoms with Crippen LogP contribution in [0.15, 0.2) is 48.5 Å². The van der Waals surface area contributed by atoms with Crippen LogP contribution in [0, 0.1) is 0 Å². The van der Waals surface area contributed by atoms with Gasteiger partial charge in [0.15, 0.2) is 0 Å². The first-order chi connectivity index (χ1) is 16.5. The molecule has 0 aromatic heterocycles. The number of nitrogens with two attached hydrogens (primary N) is 1. The number of nitrogens with one attached hydrogen (secondary N) is 1. The largest absolute Gasteiger partial charge is 0.490 e. The first-order valence-corrected chi connectivity index (χ1v) is 9.92. The summed E-state index contributed by atoms with van der Waals surface area (Å²) in [6.07, 6.45) is -10.2. The zero-order valence-electron chi connectivity index (χ0n) is 17.9. The number of benzene rings is 2. The monoisotopic (exact) mass is 546 g/mol. The molecular formula is C20H20F6N2O7S. The van der Waals surface area contributed by atoms with E-state index >= 15 is 0 Å². The second-order valence-corrected chi connectivity index (χ2v) is 6.75. The second kappa shape index (κ2) is 14.7. The van der Waals surface area contributed by atoms with Gasteiger partial charge in [0.2, 0.25) is 0 Å². The molecule has 200 valence electrons. The molecule has 0 heterocycles. The highest BCUT2D eigenvalue weighted by molar-refractivity contribution is 7.80. The molecule has 2 aromatic rings. The number of hydrogen-bond donors (Lipinski definition) is 6. The van der Waals surface area contributed by atoms with E-state index in [-0.39, 0.29) is 11.6 Å². The Bertz CT molecular complexity index is 960. The summed E-state index contributed by atoms with van der Waals surface area (Å²) in [4.78, 5) is 28.6. The minimum atomic E-state index is -5.08. The Morgan fingerprint density at radius 3 is 1.50 bits per heavy atom. The lowest BCUT2D eigenvalue weighted by atomic mass is 10.2. The molecule has 0 saturated heterocycles. The fourth-order valence-corrected chi connectivity index (χ4v) is 1.89.